The monoisotopic (exact) mass is 258 g/mol. The fraction of sp³-hybridized carbons (Fsp3) is 0.500. The van der Waals surface area contributed by atoms with Gasteiger partial charge in [-0.2, -0.15) is 0 Å². The van der Waals surface area contributed by atoms with Gasteiger partial charge in [0.25, 0.3) is 0 Å². The molecule has 4 nitrogen and oxygen atoms in total. The van der Waals surface area contributed by atoms with Crippen LogP contribution in [0.3, 0.4) is 0 Å². The second-order valence-electron chi connectivity index (χ2n) is 4.27. The molecule has 17 heavy (non-hydrogen) atoms. The van der Waals surface area contributed by atoms with Crippen LogP contribution in [0.15, 0.2) is 23.8 Å². The smallest absolute Gasteiger partial charge is 0.244 e. The van der Waals surface area contributed by atoms with E-state index < -0.39 is 11.3 Å². The number of primary amides is 1. The highest BCUT2D eigenvalue weighted by Crippen LogP contribution is 2.31. The Labute approximate surface area is 108 Å². The summed E-state index contributed by atoms with van der Waals surface area (Å²) in [5.41, 5.74) is 5.05. The number of hydrogen-bond donors (Lipinski definition) is 2. The Morgan fingerprint density at radius 1 is 1.53 bits per heavy atom. The number of hydrogen-bond acceptors (Lipinski definition) is 2. The molecule has 3 N–H and O–H groups in total. The van der Waals surface area contributed by atoms with Crippen LogP contribution in [0.4, 0.5) is 0 Å². The van der Waals surface area contributed by atoms with E-state index >= 15 is 0 Å². The molecule has 1 aliphatic carbocycles. The average molecular weight is 259 g/mol. The lowest BCUT2D eigenvalue weighted by Crippen LogP contribution is -2.40. The molecule has 0 aliphatic heterocycles. The first-order valence-electron chi connectivity index (χ1n) is 5.46. The van der Waals surface area contributed by atoms with Gasteiger partial charge < -0.3 is 11.1 Å². The molecule has 0 saturated heterocycles. The minimum absolute atomic E-state index is 0. The van der Waals surface area contributed by atoms with Gasteiger partial charge in [0, 0.05) is 12.1 Å². The van der Waals surface area contributed by atoms with Crippen molar-refractivity contribution >= 4 is 24.2 Å². The van der Waals surface area contributed by atoms with Crippen LogP contribution >= 0.6 is 12.4 Å². The number of nitrogens with two attached hydrogens (primary N) is 1. The summed E-state index contributed by atoms with van der Waals surface area (Å²) in [6, 6.07) is 0. The summed E-state index contributed by atoms with van der Waals surface area (Å²) >= 11 is 0. The van der Waals surface area contributed by atoms with E-state index in [4.69, 9.17) is 5.73 Å². The topological polar surface area (TPSA) is 72.2 Å². The molecule has 0 heterocycles. The third-order valence-electron chi connectivity index (χ3n) is 2.69. The Morgan fingerprint density at radius 3 is 2.71 bits per heavy atom. The van der Waals surface area contributed by atoms with Gasteiger partial charge >= 0.3 is 0 Å². The van der Waals surface area contributed by atoms with Crippen molar-refractivity contribution in [1.29, 1.82) is 0 Å². The Balaban J connectivity index is 0.00000256. The number of carbonyl (C=O) groups is 2. The Morgan fingerprint density at radius 2 is 2.18 bits per heavy atom. The van der Waals surface area contributed by atoms with Crippen LogP contribution < -0.4 is 11.1 Å². The van der Waals surface area contributed by atoms with Crippen LogP contribution in [-0.4, -0.2) is 18.4 Å². The first-order valence-corrected chi connectivity index (χ1v) is 5.46. The van der Waals surface area contributed by atoms with Crippen molar-refractivity contribution in [2.24, 2.45) is 11.1 Å². The molecule has 1 atom stereocenters. The van der Waals surface area contributed by atoms with Crippen molar-refractivity contribution in [2.45, 2.75) is 26.7 Å². The number of amides is 2. The van der Waals surface area contributed by atoms with Crippen LogP contribution in [0, 0.1) is 5.41 Å². The van der Waals surface area contributed by atoms with Gasteiger partial charge in [0.1, 0.15) is 0 Å². The van der Waals surface area contributed by atoms with E-state index in [1.165, 1.54) is 0 Å². The molecule has 0 aromatic heterocycles. The van der Waals surface area contributed by atoms with Gasteiger partial charge in [-0.15, -0.1) is 12.4 Å². The van der Waals surface area contributed by atoms with Crippen molar-refractivity contribution in [3.63, 3.8) is 0 Å². The molecule has 0 spiro atoms. The highest BCUT2D eigenvalue weighted by molar-refractivity contribution is 5.95. The lowest BCUT2D eigenvalue weighted by molar-refractivity contribution is -0.128. The number of nitrogens with one attached hydrogen (secondary N) is 1. The molecule has 0 aromatic rings. The molecule has 1 rings (SSSR count). The maximum Gasteiger partial charge on any atom is 0.244 e. The molecule has 0 bridgehead atoms. The molecule has 2 amide bonds. The predicted molar refractivity (Wildman–Crippen MR) is 69.7 cm³/mol. The third kappa shape index (κ3) is 3.89. The highest BCUT2D eigenvalue weighted by atomic mass is 35.5. The van der Waals surface area contributed by atoms with Gasteiger partial charge in [0.05, 0.1) is 5.41 Å². The molecule has 0 saturated carbocycles. The van der Waals surface area contributed by atoms with E-state index in [-0.39, 0.29) is 18.3 Å². The van der Waals surface area contributed by atoms with Crippen LogP contribution in [0.5, 0.6) is 0 Å². The van der Waals surface area contributed by atoms with E-state index in [0.717, 1.165) is 6.42 Å². The van der Waals surface area contributed by atoms with Crippen LogP contribution in [0.1, 0.15) is 26.7 Å². The van der Waals surface area contributed by atoms with Gasteiger partial charge in [-0.3, -0.25) is 9.59 Å². The molecular formula is C12H19ClN2O2. The van der Waals surface area contributed by atoms with Crippen LogP contribution in [0.2, 0.25) is 0 Å². The van der Waals surface area contributed by atoms with Crippen LogP contribution in [0.25, 0.3) is 0 Å². The van der Waals surface area contributed by atoms with Crippen molar-refractivity contribution in [1.82, 2.24) is 5.32 Å². The second-order valence-corrected chi connectivity index (χ2v) is 4.27. The van der Waals surface area contributed by atoms with E-state index in [9.17, 15) is 9.59 Å². The first kappa shape index (κ1) is 15.7. The lowest BCUT2D eigenvalue weighted by Gasteiger charge is -2.27. The van der Waals surface area contributed by atoms with Gasteiger partial charge in [-0.05, 0) is 19.8 Å². The Hall–Kier alpha value is -1.29. The number of rotatable bonds is 4. The summed E-state index contributed by atoms with van der Waals surface area (Å²) in [6.07, 6.45) is 6.45. The average Bonchev–Trinajstić information content (AvgIpc) is 2.25. The van der Waals surface area contributed by atoms with Gasteiger partial charge in [-0.1, -0.05) is 25.2 Å². The summed E-state index contributed by atoms with van der Waals surface area (Å²) in [5, 5.41) is 2.83. The number of allylic oxidation sites excluding steroid dienone is 2. The maximum atomic E-state index is 11.9. The van der Waals surface area contributed by atoms with Gasteiger partial charge in [0.15, 0.2) is 0 Å². The highest BCUT2D eigenvalue weighted by Gasteiger charge is 2.33. The van der Waals surface area contributed by atoms with Gasteiger partial charge in [0.2, 0.25) is 11.8 Å². The van der Waals surface area contributed by atoms with Crippen molar-refractivity contribution in [2.75, 3.05) is 6.54 Å². The van der Waals surface area contributed by atoms with Gasteiger partial charge in [-0.25, -0.2) is 0 Å². The number of halogens is 1. The van der Waals surface area contributed by atoms with E-state index in [1.807, 2.05) is 19.9 Å². The first-order chi connectivity index (χ1) is 7.49. The quantitative estimate of drug-likeness (QED) is 0.798. The molecule has 1 aliphatic rings. The minimum Gasteiger partial charge on any atom is -0.366 e. The summed E-state index contributed by atoms with van der Waals surface area (Å²) in [4.78, 5) is 23.0. The molecule has 5 heteroatoms. The zero-order valence-electron chi connectivity index (χ0n) is 10.2. The minimum atomic E-state index is -0.658. The normalized spacial score (nSPS) is 22.4. The second kappa shape index (κ2) is 6.45. The predicted octanol–water partition coefficient (Wildman–Crippen LogP) is 1.31. The molecular weight excluding hydrogens is 240 g/mol. The SMILES string of the molecule is CCCNC(=O)C1(C)C=CC=C(C(N)=O)C1.Cl. The van der Waals surface area contributed by atoms with Crippen LogP contribution in [-0.2, 0) is 9.59 Å². The maximum absolute atomic E-state index is 11.9. The van der Waals surface area contributed by atoms with E-state index in [2.05, 4.69) is 5.32 Å². The summed E-state index contributed by atoms with van der Waals surface area (Å²) in [5.74, 6) is -0.517. The van der Waals surface area contributed by atoms with Crippen molar-refractivity contribution in [3.05, 3.63) is 23.8 Å². The standard InChI is InChI=1S/C12H18N2O2.ClH/c1-3-7-14-11(16)12(2)6-4-5-9(8-12)10(13)15;/h4-6H,3,7-8H2,1-2H3,(H2,13,15)(H,14,16);1H. The zero-order chi connectivity index (χ0) is 12.2. The van der Waals surface area contributed by atoms with Crippen molar-refractivity contribution in [3.8, 4) is 0 Å². The molecule has 1 unspecified atom stereocenters. The fourth-order valence-electron chi connectivity index (χ4n) is 1.66. The number of carbonyl (C=O) groups excluding carboxylic acids is 2. The third-order valence-corrected chi connectivity index (χ3v) is 2.69. The van der Waals surface area contributed by atoms with E-state index in [0.29, 0.717) is 18.5 Å². The lowest BCUT2D eigenvalue weighted by atomic mass is 9.79. The Bertz CT molecular complexity index is 364. The summed E-state index contributed by atoms with van der Waals surface area (Å²) < 4.78 is 0. The fourth-order valence-corrected chi connectivity index (χ4v) is 1.66. The van der Waals surface area contributed by atoms with E-state index in [1.54, 1.807) is 12.2 Å². The van der Waals surface area contributed by atoms with Crippen molar-refractivity contribution < 1.29 is 9.59 Å². The summed E-state index contributed by atoms with van der Waals surface area (Å²) in [6.45, 7) is 4.45. The largest absolute Gasteiger partial charge is 0.366 e. The molecule has 0 aromatic carbocycles. The zero-order valence-corrected chi connectivity index (χ0v) is 11.0. The Kier molecular flexibility index (Phi) is 5.96. The summed E-state index contributed by atoms with van der Waals surface area (Å²) in [7, 11) is 0. The molecule has 96 valence electrons. The molecule has 0 radical (unpaired) electrons. The molecule has 0 fully saturated rings.